The maximum absolute atomic E-state index is 2.35. The normalized spacial score (nSPS) is 42.2. The van der Waals surface area contributed by atoms with Crippen LogP contribution in [0.5, 0.6) is 0 Å². The van der Waals surface area contributed by atoms with Gasteiger partial charge < -0.3 is 0 Å². The summed E-state index contributed by atoms with van der Waals surface area (Å²) in [6.07, 6.45) is 10.8. The Bertz CT molecular complexity index is 130. The Hall–Kier alpha value is 0.430. The van der Waals surface area contributed by atoms with Crippen LogP contribution in [0.4, 0.5) is 0 Å². The summed E-state index contributed by atoms with van der Waals surface area (Å²) in [5.74, 6) is 2.31. The number of rotatable bonds is 2. The Morgan fingerprint density at radius 1 is 1.08 bits per heavy atom. The first-order valence-corrected chi connectivity index (χ1v) is 6.92. The van der Waals surface area contributed by atoms with E-state index in [0.717, 1.165) is 17.5 Å². The molecule has 2 aliphatic carbocycles. The molecule has 2 aliphatic rings. The van der Waals surface area contributed by atoms with Crippen LogP contribution in [0, 0.1) is 11.8 Å². The van der Waals surface area contributed by atoms with Gasteiger partial charge in [-0.1, -0.05) is 32.6 Å². The third kappa shape index (κ3) is 1.84. The van der Waals surface area contributed by atoms with Gasteiger partial charge in [-0.25, -0.2) is 0 Å². The zero-order chi connectivity index (χ0) is 8.39. The van der Waals surface area contributed by atoms with Crippen LogP contribution in [0.25, 0.3) is 0 Å². The molecule has 3 unspecified atom stereocenters. The van der Waals surface area contributed by atoms with Gasteiger partial charge in [-0.2, -0.15) is 0 Å². The van der Waals surface area contributed by atoms with Crippen molar-refractivity contribution in [2.24, 2.45) is 11.8 Å². The highest BCUT2D eigenvalue weighted by molar-refractivity contribution is 7.38. The summed E-state index contributed by atoms with van der Waals surface area (Å²) < 4.78 is 0. The average Bonchev–Trinajstić information content (AvgIpc) is 2.47. The van der Waals surface area contributed by atoms with E-state index in [9.17, 15) is 0 Å². The summed E-state index contributed by atoms with van der Waals surface area (Å²) in [4.78, 5) is 0. The molecule has 0 radical (unpaired) electrons. The van der Waals surface area contributed by atoms with Crippen LogP contribution in [0.15, 0.2) is 0 Å². The van der Waals surface area contributed by atoms with E-state index in [4.69, 9.17) is 0 Å². The first-order chi connectivity index (χ1) is 5.90. The van der Waals surface area contributed by atoms with Crippen LogP contribution < -0.4 is 0 Å². The molecular weight excluding hydrogens is 163 g/mol. The lowest BCUT2D eigenvalue weighted by Crippen LogP contribution is -2.12. The maximum Gasteiger partial charge on any atom is -0.0231 e. The summed E-state index contributed by atoms with van der Waals surface area (Å²) >= 11 is 0. The van der Waals surface area contributed by atoms with Gasteiger partial charge >= 0.3 is 0 Å². The predicted molar refractivity (Wildman–Crippen MR) is 57.3 cm³/mol. The summed E-state index contributed by atoms with van der Waals surface area (Å²) in [6.45, 7) is 2.35. The minimum absolute atomic E-state index is 1.14. The van der Waals surface area contributed by atoms with Crippen molar-refractivity contribution >= 4 is 8.58 Å². The van der Waals surface area contributed by atoms with Crippen molar-refractivity contribution in [1.29, 1.82) is 0 Å². The SMILES string of the molecule is CCPC1CC2CCCCC2C1. The smallest absolute Gasteiger partial charge is 0.0231 e. The molecule has 0 aromatic carbocycles. The van der Waals surface area contributed by atoms with E-state index in [1.54, 1.807) is 25.7 Å². The van der Waals surface area contributed by atoms with E-state index in [-0.39, 0.29) is 0 Å². The Balaban J connectivity index is 1.85. The molecule has 0 spiro atoms. The van der Waals surface area contributed by atoms with Gasteiger partial charge in [-0.05, 0) is 36.5 Å². The second kappa shape index (κ2) is 4.09. The Morgan fingerprint density at radius 2 is 1.67 bits per heavy atom. The van der Waals surface area contributed by atoms with Crippen LogP contribution in [0.1, 0.15) is 45.4 Å². The first kappa shape index (κ1) is 9.00. The van der Waals surface area contributed by atoms with E-state index in [2.05, 4.69) is 6.92 Å². The molecule has 0 bridgehead atoms. The molecule has 0 amide bonds. The van der Waals surface area contributed by atoms with Crippen LogP contribution in [-0.2, 0) is 0 Å². The number of hydrogen-bond donors (Lipinski definition) is 0. The van der Waals surface area contributed by atoms with Gasteiger partial charge in [-0.15, -0.1) is 8.58 Å². The molecule has 70 valence electrons. The van der Waals surface area contributed by atoms with Crippen LogP contribution in [0.3, 0.4) is 0 Å². The lowest BCUT2D eigenvalue weighted by atomic mass is 9.82. The minimum atomic E-state index is 1.14. The summed E-state index contributed by atoms with van der Waals surface area (Å²) in [6, 6.07) is 0. The highest BCUT2D eigenvalue weighted by atomic mass is 31.1. The Labute approximate surface area is 78.3 Å². The highest BCUT2D eigenvalue weighted by Crippen LogP contribution is 2.47. The van der Waals surface area contributed by atoms with E-state index in [1.165, 1.54) is 27.6 Å². The molecule has 12 heavy (non-hydrogen) atoms. The first-order valence-electron chi connectivity index (χ1n) is 5.63. The van der Waals surface area contributed by atoms with Crippen molar-refractivity contribution < 1.29 is 0 Å². The van der Waals surface area contributed by atoms with Gasteiger partial charge in [0.2, 0.25) is 0 Å². The standard InChI is InChI=1S/C11H21P/c1-2-12-11-7-9-5-3-4-6-10(9)8-11/h9-12H,2-8H2,1H3. The number of fused-ring (bicyclic) bond motifs is 1. The third-order valence-electron chi connectivity index (χ3n) is 3.73. The number of hydrogen-bond acceptors (Lipinski definition) is 0. The van der Waals surface area contributed by atoms with Crippen molar-refractivity contribution in [2.45, 2.75) is 51.1 Å². The Morgan fingerprint density at radius 3 is 2.17 bits per heavy atom. The fourth-order valence-corrected chi connectivity index (χ4v) is 4.70. The van der Waals surface area contributed by atoms with Gasteiger partial charge in [0, 0.05) is 0 Å². The molecule has 0 nitrogen and oxygen atoms in total. The molecule has 0 heterocycles. The summed E-state index contributed by atoms with van der Waals surface area (Å²) in [5.41, 5.74) is 1.14. The molecule has 0 aliphatic heterocycles. The van der Waals surface area contributed by atoms with Gasteiger partial charge in [-0.3, -0.25) is 0 Å². The topological polar surface area (TPSA) is 0 Å². The third-order valence-corrected chi connectivity index (χ3v) is 5.19. The van der Waals surface area contributed by atoms with Crippen molar-refractivity contribution in [1.82, 2.24) is 0 Å². The zero-order valence-electron chi connectivity index (χ0n) is 8.18. The van der Waals surface area contributed by atoms with E-state index < -0.39 is 0 Å². The second-order valence-electron chi connectivity index (χ2n) is 4.53. The predicted octanol–water partition coefficient (Wildman–Crippen LogP) is 3.65. The lowest BCUT2D eigenvalue weighted by Gasteiger charge is -2.24. The summed E-state index contributed by atoms with van der Waals surface area (Å²) in [7, 11) is 1.27. The van der Waals surface area contributed by atoms with Crippen LogP contribution in [0.2, 0.25) is 0 Å². The van der Waals surface area contributed by atoms with E-state index >= 15 is 0 Å². The van der Waals surface area contributed by atoms with Crippen molar-refractivity contribution in [2.75, 3.05) is 6.16 Å². The van der Waals surface area contributed by atoms with Gasteiger partial charge in [0.15, 0.2) is 0 Å². The molecule has 0 saturated heterocycles. The Kier molecular flexibility index (Phi) is 3.07. The highest BCUT2D eigenvalue weighted by Gasteiger charge is 2.34. The summed E-state index contributed by atoms with van der Waals surface area (Å²) in [5, 5.41) is 0. The molecule has 1 heteroatoms. The van der Waals surface area contributed by atoms with Crippen molar-refractivity contribution in [3.05, 3.63) is 0 Å². The minimum Gasteiger partial charge on any atom is -0.119 e. The molecule has 0 N–H and O–H groups in total. The lowest BCUT2D eigenvalue weighted by molar-refractivity contribution is 0.277. The van der Waals surface area contributed by atoms with Crippen LogP contribution >= 0.6 is 8.58 Å². The van der Waals surface area contributed by atoms with E-state index in [0.29, 0.717) is 0 Å². The molecule has 2 fully saturated rings. The molecule has 0 aromatic heterocycles. The molecule has 0 aromatic rings. The van der Waals surface area contributed by atoms with Gasteiger partial charge in [0.1, 0.15) is 0 Å². The maximum atomic E-state index is 2.35. The van der Waals surface area contributed by atoms with Gasteiger partial charge in [0.05, 0.1) is 0 Å². The molecular formula is C11H21P. The van der Waals surface area contributed by atoms with E-state index in [1.807, 2.05) is 0 Å². The fourth-order valence-electron chi connectivity index (χ4n) is 3.19. The largest absolute Gasteiger partial charge is 0.119 e. The van der Waals surface area contributed by atoms with Crippen molar-refractivity contribution in [3.63, 3.8) is 0 Å². The van der Waals surface area contributed by atoms with Crippen molar-refractivity contribution in [3.8, 4) is 0 Å². The van der Waals surface area contributed by atoms with Gasteiger partial charge in [0.25, 0.3) is 0 Å². The molecule has 2 saturated carbocycles. The zero-order valence-corrected chi connectivity index (χ0v) is 9.18. The monoisotopic (exact) mass is 184 g/mol. The van der Waals surface area contributed by atoms with Crippen LogP contribution in [-0.4, -0.2) is 11.8 Å². The molecule has 3 atom stereocenters. The quantitative estimate of drug-likeness (QED) is 0.574. The molecule has 2 rings (SSSR count). The fraction of sp³-hybridized carbons (Fsp3) is 1.00. The average molecular weight is 184 g/mol. The second-order valence-corrected chi connectivity index (χ2v) is 6.46.